The summed E-state index contributed by atoms with van der Waals surface area (Å²) in [6, 6.07) is 0.0198. The second kappa shape index (κ2) is 7.73. The number of aryl methyl sites for hydroxylation is 2. The zero-order valence-corrected chi connectivity index (χ0v) is 18.6. The summed E-state index contributed by atoms with van der Waals surface area (Å²) < 4.78 is 1.77. The van der Waals surface area contributed by atoms with E-state index in [1.165, 1.54) is 34.9 Å². The van der Waals surface area contributed by atoms with E-state index in [2.05, 4.69) is 4.98 Å². The number of carbonyl (C=O) groups excluding carboxylic acids is 1. The molecule has 1 amide bonds. The zero-order valence-electron chi connectivity index (χ0n) is 16.2. The summed E-state index contributed by atoms with van der Waals surface area (Å²) in [5, 5.41) is 4.05. The van der Waals surface area contributed by atoms with E-state index >= 15 is 0 Å². The van der Waals surface area contributed by atoms with E-state index in [0.717, 1.165) is 26.4 Å². The van der Waals surface area contributed by atoms with Gasteiger partial charge in [-0.2, -0.15) is 0 Å². The lowest BCUT2D eigenvalue weighted by Gasteiger charge is -2.15. The van der Waals surface area contributed by atoms with Crippen LogP contribution in [0.4, 0.5) is 5.13 Å². The Morgan fingerprint density at radius 3 is 2.67 bits per heavy atom. The number of aromatic nitrogens is 3. The Morgan fingerprint density at radius 1 is 1.33 bits per heavy atom. The van der Waals surface area contributed by atoms with Crippen molar-refractivity contribution in [2.75, 3.05) is 11.9 Å². The van der Waals surface area contributed by atoms with Crippen LogP contribution in [0.25, 0.3) is 10.2 Å². The highest BCUT2D eigenvalue weighted by Gasteiger charge is 2.19. The summed E-state index contributed by atoms with van der Waals surface area (Å²) in [7, 11) is 1.71. The Labute approximate surface area is 170 Å². The van der Waals surface area contributed by atoms with E-state index in [1.807, 2.05) is 33.1 Å². The van der Waals surface area contributed by atoms with E-state index in [9.17, 15) is 9.59 Å². The van der Waals surface area contributed by atoms with Crippen molar-refractivity contribution in [1.82, 2.24) is 14.5 Å². The van der Waals surface area contributed by atoms with Gasteiger partial charge in [-0.3, -0.25) is 19.1 Å². The van der Waals surface area contributed by atoms with Crippen molar-refractivity contribution in [2.24, 2.45) is 0 Å². The molecule has 0 spiro atoms. The molecule has 0 aliphatic carbocycles. The molecule has 0 radical (unpaired) electrons. The zero-order chi connectivity index (χ0) is 19.9. The molecule has 0 saturated carbocycles. The summed E-state index contributed by atoms with van der Waals surface area (Å²) in [5.41, 5.74) is 1.92. The van der Waals surface area contributed by atoms with E-state index < -0.39 is 0 Å². The second-order valence-corrected chi connectivity index (χ2v) is 9.60. The van der Waals surface area contributed by atoms with Crippen molar-refractivity contribution < 1.29 is 4.79 Å². The first-order valence-corrected chi connectivity index (χ1v) is 11.2. The Morgan fingerprint density at radius 2 is 2.04 bits per heavy atom. The topological polar surface area (TPSA) is 68.1 Å². The molecule has 0 aliphatic heterocycles. The Kier molecular flexibility index (Phi) is 5.73. The first kappa shape index (κ1) is 20.0. The predicted molar refractivity (Wildman–Crippen MR) is 114 cm³/mol. The lowest BCUT2D eigenvalue weighted by Crippen LogP contribution is -2.25. The molecule has 3 heterocycles. The molecule has 6 nitrogen and oxygen atoms in total. The number of carbonyl (C=O) groups is 1. The van der Waals surface area contributed by atoms with E-state index in [-0.39, 0.29) is 17.5 Å². The number of thioether (sulfide) groups is 1. The molecule has 0 atom stereocenters. The number of thiophene rings is 1. The van der Waals surface area contributed by atoms with Crippen molar-refractivity contribution in [3.63, 3.8) is 0 Å². The number of rotatable bonds is 5. The third kappa shape index (κ3) is 3.81. The molecule has 144 valence electrons. The minimum atomic E-state index is -0.0484. The molecule has 9 heteroatoms. The van der Waals surface area contributed by atoms with Crippen LogP contribution in [-0.4, -0.2) is 27.5 Å². The van der Waals surface area contributed by atoms with Gasteiger partial charge in [0.05, 0.1) is 11.1 Å². The molecule has 3 rings (SSSR count). The molecule has 0 saturated heterocycles. The largest absolute Gasteiger partial charge is 0.292 e. The van der Waals surface area contributed by atoms with E-state index in [4.69, 9.17) is 4.98 Å². The second-order valence-electron chi connectivity index (χ2n) is 6.61. The molecule has 3 aromatic rings. The molecule has 27 heavy (non-hydrogen) atoms. The third-order valence-electron chi connectivity index (χ3n) is 4.37. The van der Waals surface area contributed by atoms with Crippen LogP contribution in [0.5, 0.6) is 0 Å². The maximum atomic E-state index is 13.1. The Hall–Kier alpha value is -1.71. The van der Waals surface area contributed by atoms with Crippen molar-refractivity contribution in [2.45, 2.75) is 51.6 Å². The van der Waals surface area contributed by atoms with Crippen LogP contribution in [0.1, 0.15) is 42.9 Å². The number of thiazole rings is 1. The maximum absolute atomic E-state index is 13.1. The summed E-state index contributed by atoms with van der Waals surface area (Å²) in [4.78, 5) is 37.3. The van der Waals surface area contributed by atoms with Crippen molar-refractivity contribution >= 4 is 55.7 Å². The molecule has 0 unspecified atom stereocenters. The fourth-order valence-electron chi connectivity index (χ4n) is 2.63. The monoisotopic (exact) mass is 422 g/mol. The molecule has 0 aliphatic rings. The molecular formula is C18H22N4O2S3. The van der Waals surface area contributed by atoms with Crippen LogP contribution < -0.4 is 10.5 Å². The molecule has 0 bridgehead atoms. The quantitative estimate of drug-likeness (QED) is 0.451. The van der Waals surface area contributed by atoms with Crippen molar-refractivity contribution in [3.8, 4) is 0 Å². The van der Waals surface area contributed by atoms with E-state index in [1.54, 1.807) is 23.0 Å². The Balaban J connectivity index is 1.94. The van der Waals surface area contributed by atoms with Crippen molar-refractivity contribution in [3.05, 3.63) is 31.9 Å². The predicted octanol–water partition coefficient (Wildman–Crippen LogP) is 4.39. The smallest absolute Gasteiger partial charge is 0.263 e. The standard InChI is InChI=1S/C18H22N4O2S3/c1-9(2)22-16(24)14-10(3)11(4)27-15(14)20-18(22)26-8-13-7-25-17(19-13)21(6)12(5)23/h7,9H,8H2,1-6H3. The summed E-state index contributed by atoms with van der Waals surface area (Å²) >= 11 is 4.51. The SMILES string of the molecule is CC(=O)N(C)c1nc(CSc2nc3sc(C)c(C)c3c(=O)n2C(C)C)cs1. The average molecular weight is 423 g/mol. The maximum Gasteiger partial charge on any atom is 0.263 e. The van der Waals surface area contributed by atoms with Gasteiger partial charge in [0.25, 0.3) is 5.56 Å². The minimum Gasteiger partial charge on any atom is -0.292 e. The van der Waals surface area contributed by atoms with Crippen LogP contribution in [0.3, 0.4) is 0 Å². The van der Waals surface area contributed by atoms with E-state index in [0.29, 0.717) is 16.0 Å². The first-order valence-electron chi connectivity index (χ1n) is 8.54. The number of fused-ring (bicyclic) bond motifs is 1. The number of nitrogens with zero attached hydrogens (tertiary/aromatic N) is 4. The van der Waals surface area contributed by atoms with Gasteiger partial charge in [0, 0.05) is 36.0 Å². The molecule has 0 N–H and O–H groups in total. The molecule has 3 aromatic heterocycles. The van der Waals surface area contributed by atoms with Crippen LogP contribution in [0.15, 0.2) is 15.3 Å². The molecule has 0 fully saturated rings. The van der Waals surface area contributed by atoms with Gasteiger partial charge in [-0.25, -0.2) is 9.97 Å². The third-order valence-corrected chi connectivity index (χ3v) is 7.42. The summed E-state index contributed by atoms with van der Waals surface area (Å²) in [6.45, 7) is 9.51. The highest BCUT2D eigenvalue weighted by Crippen LogP contribution is 2.31. The highest BCUT2D eigenvalue weighted by molar-refractivity contribution is 7.98. The van der Waals surface area contributed by atoms with Gasteiger partial charge in [-0.1, -0.05) is 11.8 Å². The number of hydrogen-bond donors (Lipinski definition) is 0. The van der Waals surface area contributed by atoms with Gasteiger partial charge >= 0.3 is 0 Å². The normalized spacial score (nSPS) is 11.5. The van der Waals surface area contributed by atoms with Crippen LogP contribution in [-0.2, 0) is 10.5 Å². The number of hydrogen-bond acceptors (Lipinski definition) is 7. The van der Waals surface area contributed by atoms with Crippen LogP contribution >= 0.6 is 34.4 Å². The van der Waals surface area contributed by atoms with Crippen LogP contribution in [0.2, 0.25) is 0 Å². The summed E-state index contributed by atoms with van der Waals surface area (Å²) in [6.07, 6.45) is 0. The summed E-state index contributed by atoms with van der Waals surface area (Å²) in [5.74, 6) is 0.545. The molecule has 0 aromatic carbocycles. The fourth-order valence-corrected chi connectivity index (χ4v) is 5.67. The van der Waals surface area contributed by atoms with Gasteiger partial charge < -0.3 is 0 Å². The average Bonchev–Trinajstić information content (AvgIpc) is 3.17. The Bertz CT molecular complexity index is 1060. The number of amides is 1. The van der Waals surface area contributed by atoms with Gasteiger partial charge in [-0.05, 0) is 33.3 Å². The lowest BCUT2D eigenvalue weighted by atomic mass is 10.2. The van der Waals surface area contributed by atoms with Crippen molar-refractivity contribution in [1.29, 1.82) is 0 Å². The van der Waals surface area contributed by atoms with Gasteiger partial charge in [-0.15, -0.1) is 22.7 Å². The first-order chi connectivity index (χ1) is 12.7. The minimum absolute atomic E-state index is 0.0198. The number of anilines is 1. The van der Waals surface area contributed by atoms with Crippen LogP contribution in [0, 0.1) is 13.8 Å². The van der Waals surface area contributed by atoms with Gasteiger partial charge in [0.2, 0.25) is 5.91 Å². The fraction of sp³-hybridized carbons (Fsp3) is 0.444. The lowest BCUT2D eigenvalue weighted by molar-refractivity contribution is -0.116. The van der Waals surface area contributed by atoms with Gasteiger partial charge in [0.15, 0.2) is 10.3 Å². The molecular weight excluding hydrogens is 400 g/mol. The highest BCUT2D eigenvalue weighted by atomic mass is 32.2. The van der Waals surface area contributed by atoms with Gasteiger partial charge in [0.1, 0.15) is 4.83 Å².